The molecule has 6 heavy (non-hydrogen) atoms. The van der Waals surface area contributed by atoms with Gasteiger partial charge in [-0.05, 0) is 11.3 Å². The van der Waals surface area contributed by atoms with Gasteiger partial charge in [-0.3, -0.25) is 0 Å². The second-order valence-electron chi connectivity index (χ2n) is 1.72. The lowest BCUT2D eigenvalue weighted by Crippen LogP contribution is -2.01. The van der Waals surface area contributed by atoms with Gasteiger partial charge < -0.3 is 0 Å². The Labute approximate surface area is 44.5 Å². The quantitative estimate of drug-likeness (QED) is 0.462. The third-order valence-electron chi connectivity index (χ3n) is 0.829. The smallest absolute Gasteiger partial charge is 0.0232 e. The molecule has 38 valence electrons. The first-order valence-electron chi connectivity index (χ1n) is 2.15. The Kier molecular flexibility index (Phi) is 3.36. The highest BCUT2D eigenvalue weighted by Crippen LogP contribution is 2.11. The lowest BCUT2D eigenvalue weighted by molar-refractivity contribution is 0.930. The van der Waals surface area contributed by atoms with E-state index in [9.17, 15) is 0 Å². The Hall–Kier alpha value is 0.860. The van der Waals surface area contributed by atoms with Crippen molar-refractivity contribution in [3.05, 3.63) is 0 Å². The predicted octanol–water partition coefficient (Wildman–Crippen LogP) is 1.51. The fraction of sp³-hybridized carbons (Fsp3) is 1.00. The first-order chi connectivity index (χ1) is 2.64. The Balaban J connectivity index is 2.99. The van der Waals surface area contributed by atoms with Gasteiger partial charge in [0.1, 0.15) is 0 Å². The lowest BCUT2D eigenvalue weighted by atomic mass is 10.4. The Morgan fingerprint density at radius 2 is 1.17 bits per heavy atom. The van der Waals surface area contributed by atoms with E-state index >= 15 is 0 Å². The number of hydrogen-bond donors (Lipinski definition) is 0. The Morgan fingerprint density at radius 1 is 1.00 bits per heavy atom. The molecule has 0 nitrogen and oxygen atoms in total. The average Bonchev–Trinajstić information content (AvgIpc) is 1.36. The van der Waals surface area contributed by atoms with Crippen molar-refractivity contribution in [2.75, 3.05) is 0 Å². The molecule has 0 aliphatic rings. The second-order valence-corrected chi connectivity index (χ2v) is 3.82. The van der Waals surface area contributed by atoms with Crippen LogP contribution in [0.1, 0.15) is 13.8 Å². The molecule has 0 aromatic carbocycles. The van der Waals surface area contributed by atoms with Gasteiger partial charge in [-0.1, -0.05) is 13.8 Å². The molecule has 0 rings (SSSR count). The van der Waals surface area contributed by atoms with Crippen molar-refractivity contribution in [2.24, 2.45) is 0 Å². The van der Waals surface area contributed by atoms with Crippen LogP contribution in [-0.4, -0.2) is 11.3 Å². The fourth-order valence-electron chi connectivity index (χ4n) is 0. The van der Waals surface area contributed by atoms with Crippen LogP contribution in [0.4, 0.5) is 0 Å². The zero-order valence-electron chi connectivity index (χ0n) is 4.31. The average molecular weight is 122 g/mol. The van der Waals surface area contributed by atoms with Gasteiger partial charge in [-0.25, -0.2) is 0 Å². The minimum absolute atomic E-state index is 0.731. The van der Waals surface area contributed by atoms with Crippen molar-refractivity contribution in [1.82, 2.24) is 0 Å². The van der Waals surface area contributed by atoms with Crippen molar-refractivity contribution in [3.63, 3.8) is 0 Å². The van der Waals surface area contributed by atoms with Crippen LogP contribution in [0.5, 0.6) is 0 Å². The number of hydrogen-bond acceptors (Lipinski definition) is 0. The van der Waals surface area contributed by atoms with E-state index in [0.29, 0.717) is 0 Å². The van der Waals surface area contributed by atoms with E-state index in [1.165, 1.54) is 0 Å². The minimum atomic E-state index is 0.731. The summed E-state index contributed by atoms with van der Waals surface area (Å²) in [5, 5.41) is 0. The summed E-state index contributed by atoms with van der Waals surface area (Å²) in [7, 11) is 5.50. The molecule has 0 N–H and O–H groups in total. The van der Waals surface area contributed by atoms with Crippen LogP contribution in [0.15, 0.2) is 0 Å². The first-order valence-corrected chi connectivity index (χ1v) is 3.49. The maximum Gasteiger partial charge on any atom is -0.0232 e. The standard InChI is InChI=1S/C4H12P2/c1-3(5)4(2)6/h3-4H,5-6H2,1-2H3/t3-,4?/m0/s1. The maximum atomic E-state index is 2.75. The predicted molar refractivity (Wildman–Crippen MR) is 38.3 cm³/mol. The van der Waals surface area contributed by atoms with Crippen LogP contribution in [0, 0.1) is 0 Å². The van der Waals surface area contributed by atoms with Crippen molar-refractivity contribution >= 4 is 18.5 Å². The maximum absolute atomic E-state index is 2.75. The van der Waals surface area contributed by atoms with Gasteiger partial charge in [0, 0.05) is 0 Å². The van der Waals surface area contributed by atoms with E-state index in [-0.39, 0.29) is 0 Å². The highest BCUT2D eigenvalue weighted by molar-refractivity contribution is 7.23. The van der Waals surface area contributed by atoms with Gasteiger partial charge in [0.2, 0.25) is 0 Å². The fourth-order valence-corrected chi connectivity index (χ4v) is 0. The Morgan fingerprint density at radius 3 is 1.17 bits per heavy atom. The first kappa shape index (κ1) is 6.86. The summed E-state index contributed by atoms with van der Waals surface area (Å²) < 4.78 is 0. The molecule has 0 aromatic rings. The summed E-state index contributed by atoms with van der Waals surface area (Å²) in [5.74, 6) is 0. The molecule has 0 heterocycles. The largest absolute Gasteiger partial charge is 0.134 e. The van der Waals surface area contributed by atoms with E-state index < -0.39 is 0 Å². The van der Waals surface area contributed by atoms with Gasteiger partial charge >= 0.3 is 0 Å². The van der Waals surface area contributed by atoms with Crippen molar-refractivity contribution in [2.45, 2.75) is 25.2 Å². The van der Waals surface area contributed by atoms with Crippen LogP contribution in [-0.2, 0) is 0 Å². The molecule has 0 spiro atoms. The zero-order chi connectivity index (χ0) is 5.15. The Bertz CT molecular complexity index is 26.5. The molecule has 0 aliphatic carbocycles. The topological polar surface area (TPSA) is 0 Å². The van der Waals surface area contributed by atoms with E-state index in [0.717, 1.165) is 11.3 Å². The molecule has 0 aliphatic heterocycles. The molecule has 0 saturated heterocycles. The van der Waals surface area contributed by atoms with Crippen LogP contribution >= 0.6 is 18.5 Å². The molecule has 0 aromatic heterocycles. The third kappa shape index (κ3) is 3.07. The molecule has 0 saturated carbocycles. The summed E-state index contributed by atoms with van der Waals surface area (Å²) in [6, 6.07) is 0. The molecule has 3 unspecified atom stereocenters. The molecular weight excluding hydrogens is 110 g/mol. The van der Waals surface area contributed by atoms with E-state index in [2.05, 4.69) is 32.3 Å². The highest BCUT2D eigenvalue weighted by atomic mass is 31.0. The monoisotopic (exact) mass is 122 g/mol. The highest BCUT2D eigenvalue weighted by Gasteiger charge is 1.96. The summed E-state index contributed by atoms with van der Waals surface area (Å²) in [5.41, 5.74) is 1.46. The minimum Gasteiger partial charge on any atom is -0.134 e. The van der Waals surface area contributed by atoms with Crippen LogP contribution in [0.25, 0.3) is 0 Å². The molecule has 0 radical (unpaired) electrons. The van der Waals surface area contributed by atoms with Crippen LogP contribution in [0.3, 0.4) is 0 Å². The summed E-state index contributed by atoms with van der Waals surface area (Å²) in [6.45, 7) is 4.37. The summed E-state index contributed by atoms with van der Waals surface area (Å²) in [6.07, 6.45) is 0. The van der Waals surface area contributed by atoms with E-state index in [4.69, 9.17) is 0 Å². The van der Waals surface area contributed by atoms with Crippen molar-refractivity contribution < 1.29 is 0 Å². The SMILES string of the molecule is CC(P)[C@H](C)P. The van der Waals surface area contributed by atoms with Gasteiger partial charge in [0.15, 0.2) is 0 Å². The molecule has 0 amide bonds. The van der Waals surface area contributed by atoms with Gasteiger partial charge in [0.05, 0.1) is 0 Å². The second kappa shape index (κ2) is 2.94. The van der Waals surface area contributed by atoms with Crippen LogP contribution in [0.2, 0.25) is 0 Å². The lowest BCUT2D eigenvalue weighted by Gasteiger charge is -2.05. The molecular formula is C4H12P2. The summed E-state index contributed by atoms with van der Waals surface area (Å²) >= 11 is 0. The van der Waals surface area contributed by atoms with Crippen molar-refractivity contribution in [1.29, 1.82) is 0 Å². The third-order valence-corrected chi connectivity index (χ3v) is 2.49. The van der Waals surface area contributed by atoms with Gasteiger partial charge in [0.25, 0.3) is 0 Å². The molecule has 4 atom stereocenters. The zero-order valence-corrected chi connectivity index (χ0v) is 6.62. The molecule has 0 fully saturated rings. The van der Waals surface area contributed by atoms with E-state index in [1.54, 1.807) is 0 Å². The van der Waals surface area contributed by atoms with Crippen LogP contribution < -0.4 is 0 Å². The number of rotatable bonds is 1. The van der Waals surface area contributed by atoms with Crippen molar-refractivity contribution in [3.8, 4) is 0 Å². The molecule has 0 bridgehead atoms. The summed E-state index contributed by atoms with van der Waals surface area (Å²) in [4.78, 5) is 0. The van der Waals surface area contributed by atoms with Gasteiger partial charge in [-0.15, -0.1) is 18.5 Å². The molecule has 2 heteroatoms. The van der Waals surface area contributed by atoms with Gasteiger partial charge in [-0.2, -0.15) is 0 Å². The van der Waals surface area contributed by atoms with E-state index in [1.807, 2.05) is 0 Å². The normalized spacial score (nSPS) is 20.0.